The van der Waals surface area contributed by atoms with Gasteiger partial charge in [-0.2, -0.15) is 0 Å². The van der Waals surface area contributed by atoms with Crippen molar-refractivity contribution in [2.45, 2.75) is 51.4 Å². The fraction of sp³-hybridized carbons (Fsp3) is 0.300. The number of carbonyl (C=O) groups is 3. The van der Waals surface area contributed by atoms with E-state index in [0.717, 1.165) is 27.8 Å². The number of fused-ring (bicyclic) bond motifs is 3. The van der Waals surface area contributed by atoms with Crippen LogP contribution in [0.1, 0.15) is 49.8 Å². The number of rotatable bonds is 9. The molecule has 8 heteroatoms. The van der Waals surface area contributed by atoms with E-state index in [1.165, 1.54) is 0 Å². The first-order valence-corrected chi connectivity index (χ1v) is 12.5. The molecule has 8 nitrogen and oxygen atoms in total. The summed E-state index contributed by atoms with van der Waals surface area (Å²) in [5, 5.41) is 2.50. The zero-order valence-electron chi connectivity index (χ0n) is 21.7. The van der Waals surface area contributed by atoms with Crippen LogP contribution in [-0.2, 0) is 30.5 Å². The number of esters is 1. The predicted molar refractivity (Wildman–Crippen MR) is 142 cm³/mol. The predicted octanol–water partition coefficient (Wildman–Crippen LogP) is 4.87. The first-order valence-electron chi connectivity index (χ1n) is 12.5. The lowest BCUT2D eigenvalue weighted by molar-refractivity contribution is -0.159. The molecule has 1 atom stereocenters. The summed E-state index contributed by atoms with van der Waals surface area (Å²) in [6, 6.07) is 24.0. The number of hydroxylamine groups is 1. The number of ether oxygens (including phenoxy) is 2. The molecule has 198 valence electrons. The molecule has 0 aliphatic heterocycles. The molecule has 0 fully saturated rings. The van der Waals surface area contributed by atoms with Crippen LogP contribution in [0.3, 0.4) is 0 Å². The summed E-state index contributed by atoms with van der Waals surface area (Å²) >= 11 is 0. The van der Waals surface area contributed by atoms with Crippen LogP contribution >= 0.6 is 0 Å². The minimum absolute atomic E-state index is 0.0767. The summed E-state index contributed by atoms with van der Waals surface area (Å²) in [5.74, 6) is -1.47. The highest BCUT2D eigenvalue weighted by Gasteiger charge is 2.32. The number of nitrogens with one attached hydrogen (secondary N) is 2. The lowest BCUT2D eigenvalue weighted by atomic mass is 9.98. The molecule has 3 aromatic rings. The molecule has 0 saturated carbocycles. The maximum atomic E-state index is 12.8. The molecule has 2 N–H and O–H groups in total. The second-order valence-corrected chi connectivity index (χ2v) is 10.1. The Morgan fingerprint density at radius 3 is 2.03 bits per heavy atom. The normalized spacial score (nSPS) is 13.1. The molecule has 4 rings (SSSR count). The number of alkyl carbamates (subject to hydrolysis) is 1. The average Bonchev–Trinajstić information content (AvgIpc) is 3.20. The second-order valence-electron chi connectivity index (χ2n) is 10.1. The molecule has 1 aliphatic carbocycles. The summed E-state index contributed by atoms with van der Waals surface area (Å²) < 4.78 is 11.0. The van der Waals surface area contributed by atoms with E-state index >= 15 is 0 Å². The van der Waals surface area contributed by atoms with E-state index in [9.17, 15) is 14.4 Å². The zero-order chi connectivity index (χ0) is 27.1. The number of carbonyl (C=O) groups excluding carboxylic acids is 3. The highest BCUT2D eigenvalue weighted by atomic mass is 16.6. The van der Waals surface area contributed by atoms with Crippen molar-refractivity contribution in [2.75, 3.05) is 6.61 Å². The zero-order valence-corrected chi connectivity index (χ0v) is 21.7. The number of benzene rings is 3. The van der Waals surface area contributed by atoms with Crippen molar-refractivity contribution in [1.29, 1.82) is 0 Å². The first-order chi connectivity index (χ1) is 18.2. The summed E-state index contributed by atoms with van der Waals surface area (Å²) in [6.07, 6.45) is -1.20. The van der Waals surface area contributed by atoms with Gasteiger partial charge >= 0.3 is 12.1 Å². The summed E-state index contributed by atoms with van der Waals surface area (Å²) in [5.41, 5.74) is 6.73. The van der Waals surface area contributed by atoms with Gasteiger partial charge in [-0.1, -0.05) is 78.9 Å². The number of hydrogen-bond donors (Lipinski definition) is 2. The largest absolute Gasteiger partial charge is 0.458 e. The van der Waals surface area contributed by atoms with Crippen LogP contribution < -0.4 is 10.8 Å². The molecule has 0 aromatic heterocycles. The Hall–Kier alpha value is -4.17. The van der Waals surface area contributed by atoms with E-state index < -0.39 is 29.6 Å². The average molecular weight is 517 g/mol. The van der Waals surface area contributed by atoms with Crippen LogP contribution in [0.2, 0.25) is 0 Å². The molecule has 0 unspecified atom stereocenters. The second kappa shape index (κ2) is 11.9. The van der Waals surface area contributed by atoms with Crippen LogP contribution in [0, 0.1) is 0 Å². The highest BCUT2D eigenvalue weighted by Crippen LogP contribution is 2.44. The Bertz CT molecular complexity index is 1240. The fourth-order valence-electron chi connectivity index (χ4n) is 4.35. The first kappa shape index (κ1) is 26.9. The molecule has 3 aromatic carbocycles. The minimum atomic E-state index is -1.26. The van der Waals surface area contributed by atoms with Crippen molar-refractivity contribution >= 4 is 18.0 Å². The molecule has 38 heavy (non-hydrogen) atoms. The molecule has 0 bridgehead atoms. The monoisotopic (exact) mass is 516 g/mol. The van der Waals surface area contributed by atoms with Gasteiger partial charge < -0.3 is 14.8 Å². The van der Waals surface area contributed by atoms with Crippen LogP contribution in [0.5, 0.6) is 0 Å². The standard InChI is InChI=1S/C30H32N2O6/c1-30(2,3)38-28(34)26(17-27(33)32-37-18-20-11-5-4-6-12-20)31-29(35)36-19-25-23-15-9-7-13-21(23)22-14-8-10-16-24(22)25/h4-16,25-26H,17-19H2,1-3H3,(H,31,35)(H,32,33)/t26-/m0/s1. The van der Waals surface area contributed by atoms with Crippen LogP contribution in [0.4, 0.5) is 4.79 Å². The summed E-state index contributed by atoms with van der Waals surface area (Å²) in [6.45, 7) is 5.35. The van der Waals surface area contributed by atoms with Gasteiger partial charge in [0.2, 0.25) is 5.91 Å². The van der Waals surface area contributed by atoms with E-state index in [4.69, 9.17) is 14.3 Å². The number of hydrogen-bond acceptors (Lipinski definition) is 6. The van der Waals surface area contributed by atoms with Gasteiger partial charge in [-0.25, -0.2) is 15.1 Å². The SMILES string of the molecule is CC(C)(C)OC(=O)[C@H](CC(=O)NOCc1ccccc1)NC(=O)OCC1c2ccccc2-c2ccccc21. The third-order valence-corrected chi connectivity index (χ3v) is 5.98. The van der Waals surface area contributed by atoms with Gasteiger partial charge in [0, 0.05) is 5.92 Å². The van der Waals surface area contributed by atoms with Crippen LogP contribution in [0.15, 0.2) is 78.9 Å². The van der Waals surface area contributed by atoms with Crippen LogP contribution in [0.25, 0.3) is 11.1 Å². The Morgan fingerprint density at radius 1 is 0.842 bits per heavy atom. The van der Waals surface area contributed by atoms with E-state index in [2.05, 4.69) is 10.8 Å². The van der Waals surface area contributed by atoms with Crippen LogP contribution in [-0.4, -0.2) is 36.2 Å². The highest BCUT2D eigenvalue weighted by molar-refractivity contribution is 5.88. The third-order valence-electron chi connectivity index (χ3n) is 5.98. The Balaban J connectivity index is 1.37. The van der Waals surface area contributed by atoms with Crippen molar-refractivity contribution in [1.82, 2.24) is 10.8 Å². The number of amides is 2. The summed E-state index contributed by atoms with van der Waals surface area (Å²) in [7, 11) is 0. The van der Waals surface area contributed by atoms with Crippen molar-refractivity contribution in [2.24, 2.45) is 0 Å². The van der Waals surface area contributed by atoms with Gasteiger partial charge in [0.25, 0.3) is 0 Å². The van der Waals surface area contributed by atoms with E-state index in [0.29, 0.717) is 0 Å². The molecule has 0 radical (unpaired) electrons. The van der Waals surface area contributed by atoms with Gasteiger partial charge in [0.15, 0.2) is 0 Å². The molecule has 0 heterocycles. The van der Waals surface area contributed by atoms with Crippen molar-refractivity contribution < 1.29 is 28.7 Å². The molecular formula is C30H32N2O6. The maximum absolute atomic E-state index is 12.8. The maximum Gasteiger partial charge on any atom is 0.407 e. The fourth-order valence-corrected chi connectivity index (χ4v) is 4.35. The molecule has 2 amide bonds. The molecule has 1 aliphatic rings. The Kier molecular flexibility index (Phi) is 8.43. The Labute approximate surface area is 222 Å². The van der Waals surface area contributed by atoms with Gasteiger partial charge in [0.1, 0.15) is 18.2 Å². The van der Waals surface area contributed by atoms with E-state index in [1.807, 2.05) is 78.9 Å². The van der Waals surface area contributed by atoms with Crippen molar-refractivity contribution in [3.8, 4) is 11.1 Å². The van der Waals surface area contributed by atoms with Gasteiger partial charge in [-0.15, -0.1) is 0 Å². The van der Waals surface area contributed by atoms with Gasteiger partial charge in [0.05, 0.1) is 13.0 Å². The quantitative estimate of drug-likeness (QED) is 0.311. The van der Waals surface area contributed by atoms with Gasteiger partial charge in [-0.3, -0.25) is 9.63 Å². The minimum Gasteiger partial charge on any atom is -0.458 e. The Morgan fingerprint density at radius 2 is 1.42 bits per heavy atom. The van der Waals surface area contributed by atoms with E-state index in [1.54, 1.807) is 20.8 Å². The van der Waals surface area contributed by atoms with Crippen molar-refractivity contribution in [3.05, 3.63) is 95.6 Å². The third kappa shape index (κ3) is 6.98. The van der Waals surface area contributed by atoms with Gasteiger partial charge in [-0.05, 0) is 48.6 Å². The van der Waals surface area contributed by atoms with Crippen molar-refractivity contribution in [3.63, 3.8) is 0 Å². The lowest BCUT2D eigenvalue weighted by Crippen LogP contribution is -2.47. The molecule has 0 spiro atoms. The topological polar surface area (TPSA) is 103 Å². The molecule has 0 saturated heterocycles. The summed E-state index contributed by atoms with van der Waals surface area (Å²) in [4.78, 5) is 43.3. The molecular weight excluding hydrogens is 484 g/mol. The lowest BCUT2D eigenvalue weighted by Gasteiger charge is -2.24. The van der Waals surface area contributed by atoms with E-state index in [-0.39, 0.29) is 25.6 Å². The smallest absolute Gasteiger partial charge is 0.407 e.